The molecule has 0 N–H and O–H groups in total. The van der Waals surface area contributed by atoms with Crippen LogP contribution >= 0.6 is 0 Å². The summed E-state index contributed by atoms with van der Waals surface area (Å²) in [5.74, 6) is 2.05. The Bertz CT molecular complexity index is 3310. The number of hydrogen-bond donors (Lipinski definition) is 0. The van der Waals surface area contributed by atoms with Crippen LogP contribution in [-0.2, 0) is 25.8 Å². The minimum atomic E-state index is -0.705. The quantitative estimate of drug-likeness (QED) is 0.127. The maximum absolute atomic E-state index is 6.84. The average Bonchev–Trinajstić information content (AvgIpc) is 3.95. The standard InChI is InChI=1S/C56H35N4O.Pd/c1-58-35-59-51-34-39(61-38-28-30-43-42-19-8-9-25-48(42)60(50(43)33-38)52-27-10-11-32-57-52)29-31-46(51)56(47-24-14-26-49(58)55(47)59)53-40(36-15-4-2-5-16-36)20-12-22-44(53)45-23-13-21-41(54(45)56)37-17-6-3-7-18-37;/h2-32,35H,1H3;/q-3;. The van der Waals surface area contributed by atoms with Gasteiger partial charge in [-0.1, -0.05) is 145 Å². The van der Waals surface area contributed by atoms with Crippen LogP contribution in [0.1, 0.15) is 22.3 Å². The zero-order chi connectivity index (χ0) is 40.2. The molecule has 2 aliphatic heterocycles. The van der Waals surface area contributed by atoms with Crippen LogP contribution in [0.2, 0.25) is 0 Å². The fourth-order valence-corrected chi connectivity index (χ4v) is 10.5. The number of fused-ring (bicyclic) bond motifs is 12. The summed E-state index contributed by atoms with van der Waals surface area (Å²) in [5.41, 5.74) is 16.8. The third kappa shape index (κ3) is 5.03. The summed E-state index contributed by atoms with van der Waals surface area (Å²) in [6.45, 7) is 2.19. The summed E-state index contributed by atoms with van der Waals surface area (Å²) < 4.78 is 9.00. The minimum absolute atomic E-state index is 0. The third-order valence-corrected chi connectivity index (χ3v) is 12.9. The Hall–Kier alpha value is -7.23. The molecular formula is C56H35N4OPd-3. The minimum Gasteiger partial charge on any atom is -0.509 e. The number of para-hydroxylation sites is 2. The van der Waals surface area contributed by atoms with Crippen molar-refractivity contribution in [1.82, 2.24) is 9.55 Å². The molecule has 0 atom stereocenters. The Kier molecular flexibility index (Phi) is 8.21. The zero-order valence-corrected chi connectivity index (χ0v) is 35.0. The molecule has 1 aliphatic carbocycles. The second kappa shape index (κ2) is 13.9. The fraction of sp³-hybridized carbons (Fsp3) is 0.0357. The number of benzene rings is 8. The van der Waals surface area contributed by atoms with Gasteiger partial charge in [0.1, 0.15) is 5.82 Å². The summed E-state index contributed by atoms with van der Waals surface area (Å²) in [6, 6.07) is 72.6. The molecular weight excluding hydrogens is 851 g/mol. The molecule has 298 valence electrons. The molecule has 0 fully saturated rings. The Morgan fingerprint density at radius 3 is 1.89 bits per heavy atom. The van der Waals surface area contributed by atoms with Gasteiger partial charge in [-0.25, -0.2) is 4.98 Å². The van der Waals surface area contributed by atoms with Crippen LogP contribution in [0, 0.1) is 18.8 Å². The van der Waals surface area contributed by atoms with E-state index in [1.165, 1.54) is 50.1 Å². The molecule has 0 radical (unpaired) electrons. The largest absolute Gasteiger partial charge is 0.509 e. The first kappa shape index (κ1) is 36.6. The second-order valence-electron chi connectivity index (χ2n) is 16.0. The van der Waals surface area contributed by atoms with Gasteiger partial charge in [-0.2, -0.15) is 18.8 Å². The van der Waals surface area contributed by atoms with Crippen molar-refractivity contribution < 1.29 is 25.2 Å². The number of rotatable bonds is 5. The molecule has 0 saturated heterocycles. The average molecular weight is 886 g/mol. The molecule has 10 aromatic rings. The van der Waals surface area contributed by atoms with Gasteiger partial charge in [0, 0.05) is 60.4 Å². The molecule has 2 aromatic heterocycles. The molecule has 1 spiro atoms. The van der Waals surface area contributed by atoms with Crippen LogP contribution in [0.5, 0.6) is 11.5 Å². The maximum atomic E-state index is 6.84. The van der Waals surface area contributed by atoms with Crippen molar-refractivity contribution in [3.8, 4) is 50.7 Å². The number of aromatic nitrogens is 2. The first-order valence-electron chi connectivity index (χ1n) is 20.7. The number of anilines is 3. The SMILES string of the molecule is CN1[CH-]N2c3[c-]c(Oc4[c-]c5c(cc4)c4ccccc4n5-c4ccccn4)ccc3C3(c4cccc1c42)c1c(-c2ccccc2)cccc1-c1cccc(-c2ccccc2)c13.[Pd]. The molecule has 4 heterocycles. The monoisotopic (exact) mass is 885 g/mol. The zero-order valence-electron chi connectivity index (χ0n) is 33.5. The maximum Gasteiger partial charge on any atom is 0.135 e. The number of nitrogens with zero attached hydrogens (tertiary/aromatic N) is 4. The molecule has 3 aliphatic rings. The Balaban J connectivity index is 0.00000410. The van der Waals surface area contributed by atoms with Crippen molar-refractivity contribution in [2.45, 2.75) is 5.41 Å². The van der Waals surface area contributed by atoms with Crippen LogP contribution in [0.4, 0.5) is 17.1 Å². The van der Waals surface area contributed by atoms with Crippen LogP contribution in [-0.4, -0.2) is 16.6 Å². The van der Waals surface area contributed by atoms with E-state index in [1.807, 2.05) is 30.5 Å². The van der Waals surface area contributed by atoms with Crippen molar-refractivity contribution in [2.24, 2.45) is 0 Å². The summed E-state index contributed by atoms with van der Waals surface area (Å²) in [4.78, 5) is 9.27. The van der Waals surface area contributed by atoms with E-state index < -0.39 is 5.41 Å². The first-order chi connectivity index (χ1) is 30.2. The summed E-state index contributed by atoms with van der Waals surface area (Å²) in [7, 11) is 2.13. The van der Waals surface area contributed by atoms with Crippen LogP contribution in [0.15, 0.2) is 188 Å². The Labute approximate surface area is 373 Å². The number of hydrogen-bond acceptors (Lipinski definition) is 4. The fourth-order valence-electron chi connectivity index (χ4n) is 10.5. The molecule has 0 saturated carbocycles. The van der Waals surface area contributed by atoms with Gasteiger partial charge in [0.05, 0.1) is 0 Å². The van der Waals surface area contributed by atoms with Crippen LogP contribution in [0.3, 0.4) is 0 Å². The number of ether oxygens (including phenoxy) is 1. The van der Waals surface area contributed by atoms with E-state index in [0.29, 0.717) is 11.5 Å². The van der Waals surface area contributed by atoms with E-state index in [2.05, 4.69) is 198 Å². The summed E-state index contributed by atoms with van der Waals surface area (Å²) in [6.07, 6.45) is 1.83. The van der Waals surface area contributed by atoms with E-state index in [1.54, 1.807) is 0 Å². The van der Waals surface area contributed by atoms with E-state index >= 15 is 0 Å². The molecule has 13 rings (SSSR count). The van der Waals surface area contributed by atoms with Gasteiger partial charge in [-0.3, -0.25) is 0 Å². The number of pyridine rings is 1. The molecule has 6 heteroatoms. The van der Waals surface area contributed by atoms with E-state index in [9.17, 15) is 0 Å². The Morgan fingerprint density at radius 1 is 0.548 bits per heavy atom. The molecule has 0 bridgehead atoms. The van der Waals surface area contributed by atoms with Gasteiger partial charge >= 0.3 is 0 Å². The van der Waals surface area contributed by atoms with Crippen molar-refractivity contribution in [2.75, 3.05) is 16.8 Å². The van der Waals surface area contributed by atoms with Gasteiger partial charge in [-0.15, -0.1) is 35.2 Å². The third-order valence-electron chi connectivity index (χ3n) is 12.9. The van der Waals surface area contributed by atoms with Gasteiger partial charge in [-0.05, 0) is 86.8 Å². The topological polar surface area (TPSA) is 33.5 Å². The van der Waals surface area contributed by atoms with E-state index in [4.69, 9.17) is 9.72 Å². The molecule has 62 heavy (non-hydrogen) atoms. The Morgan fingerprint density at radius 2 is 1.18 bits per heavy atom. The van der Waals surface area contributed by atoms with Crippen molar-refractivity contribution in [3.63, 3.8) is 0 Å². The molecule has 5 nitrogen and oxygen atoms in total. The normalized spacial score (nSPS) is 13.8. The summed E-state index contributed by atoms with van der Waals surface area (Å²) >= 11 is 0. The molecule has 0 amide bonds. The second-order valence-corrected chi connectivity index (χ2v) is 16.0. The molecule has 0 unspecified atom stereocenters. The van der Waals surface area contributed by atoms with Crippen molar-refractivity contribution in [1.29, 1.82) is 0 Å². The summed E-state index contributed by atoms with van der Waals surface area (Å²) in [5, 5.41) is 2.23. The van der Waals surface area contributed by atoms with Crippen molar-refractivity contribution >= 4 is 38.9 Å². The predicted octanol–water partition coefficient (Wildman–Crippen LogP) is 13.3. The van der Waals surface area contributed by atoms with Crippen LogP contribution in [0.25, 0.3) is 61.0 Å². The van der Waals surface area contributed by atoms with Gasteiger partial charge in [0.25, 0.3) is 0 Å². The van der Waals surface area contributed by atoms with E-state index in [0.717, 1.165) is 50.2 Å². The first-order valence-corrected chi connectivity index (χ1v) is 20.7. The smallest absolute Gasteiger partial charge is 0.135 e. The van der Waals surface area contributed by atoms with Crippen LogP contribution < -0.4 is 14.5 Å². The van der Waals surface area contributed by atoms with Crippen molar-refractivity contribution in [3.05, 3.63) is 229 Å². The van der Waals surface area contributed by atoms with E-state index in [-0.39, 0.29) is 20.4 Å². The van der Waals surface area contributed by atoms with Gasteiger partial charge in [0.15, 0.2) is 0 Å². The molecule has 8 aromatic carbocycles. The van der Waals surface area contributed by atoms with Gasteiger partial charge < -0.3 is 19.1 Å². The predicted molar refractivity (Wildman–Crippen MR) is 246 cm³/mol. The van der Waals surface area contributed by atoms with Gasteiger partial charge in [0.2, 0.25) is 0 Å².